The zero-order chi connectivity index (χ0) is 21.7. The molecule has 0 saturated heterocycles. The summed E-state index contributed by atoms with van der Waals surface area (Å²) in [6.45, 7) is 1.63. The Balaban J connectivity index is 1.51. The van der Waals surface area contributed by atoms with Crippen molar-refractivity contribution >= 4 is 15.9 Å². The highest BCUT2D eigenvalue weighted by atomic mass is 32.2. The van der Waals surface area contributed by atoms with Crippen molar-refractivity contribution in [2.75, 3.05) is 6.54 Å². The third-order valence-corrected chi connectivity index (χ3v) is 5.88. The van der Waals surface area contributed by atoms with Gasteiger partial charge < -0.3 is 9.88 Å². The SMILES string of the molecule is CC(NC(=O)CCNS(=O)(=O)c1ccc(F)c(F)c1)c1ccc(-n2ccnc2)cc1. The molecule has 1 atom stereocenters. The van der Waals surface area contributed by atoms with E-state index in [4.69, 9.17) is 0 Å². The van der Waals surface area contributed by atoms with E-state index in [-0.39, 0.29) is 24.9 Å². The molecule has 1 heterocycles. The lowest BCUT2D eigenvalue weighted by Gasteiger charge is -2.15. The first-order valence-corrected chi connectivity index (χ1v) is 10.6. The molecule has 7 nitrogen and oxygen atoms in total. The Labute approximate surface area is 172 Å². The fourth-order valence-electron chi connectivity index (χ4n) is 2.77. The van der Waals surface area contributed by atoms with E-state index in [0.717, 1.165) is 23.4 Å². The molecule has 0 radical (unpaired) electrons. The second-order valence-corrected chi connectivity index (χ2v) is 8.34. The van der Waals surface area contributed by atoms with Crippen LogP contribution < -0.4 is 10.0 Å². The van der Waals surface area contributed by atoms with Crippen LogP contribution >= 0.6 is 0 Å². The second kappa shape index (κ2) is 9.14. The first kappa shape index (κ1) is 21.6. The van der Waals surface area contributed by atoms with Crippen LogP contribution in [0.4, 0.5) is 8.78 Å². The summed E-state index contributed by atoms with van der Waals surface area (Å²) < 4.78 is 54.5. The van der Waals surface area contributed by atoms with Gasteiger partial charge in [-0.2, -0.15) is 0 Å². The molecule has 0 spiro atoms. The van der Waals surface area contributed by atoms with E-state index < -0.39 is 26.6 Å². The number of hydrogen-bond donors (Lipinski definition) is 2. The first-order chi connectivity index (χ1) is 14.3. The number of carbonyl (C=O) groups excluding carboxylic acids is 1. The van der Waals surface area contributed by atoms with Gasteiger partial charge in [0, 0.05) is 31.0 Å². The molecule has 1 aromatic heterocycles. The highest BCUT2D eigenvalue weighted by Gasteiger charge is 2.17. The van der Waals surface area contributed by atoms with Gasteiger partial charge in [-0.1, -0.05) is 12.1 Å². The number of halogens is 2. The van der Waals surface area contributed by atoms with Gasteiger partial charge in [0.15, 0.2) is 11.6 Å². The van der Waals surface area contributed by atoms with Gasteiger partial charge in [-0.25, -0.2) is 26.9 Å². The van der Waals surface area contributed by atoms with Gasteiger partial charge in [0.25, 0.3) is 0 Å². The molecular formula is C20H20F2N4O3S. The number of rotatable bonds is 8. The zero-order valence-corrected chi connectivity index (χ0v) is 16.9. The molecule has 0 saturated carbocycles. The quantitative estimate of drug-likeness (QED) is 0.570. The first-order valence-electron chi connectivity index (χ1n) is 9.08. The fraction of sp³-hybridized carbons (Fsp3) is 0.200. The predicted octanol–water partition coefficient (Wildman–Crippen LogP) is 2.70. The van der Waals surface area contributed by atoms with Crippen LogP contribution in [0.5, 0.6) is 0 Å². The molecule has 0 aliphatic carbocycles. The van der Waals surface area contributed by atoms with E-state index in [1.54, 1.807) is 12.5 Å². The predicted molar refractivity (Wildman–Crippen MR) is 106 cm³/mol. The van der Waals surface area contributed by atoms with Crippen LogP contribution in [0.25, 0.3) is 5.69 Å². The van der Waals surface area contributed by atoms with E-state index in [1.165, 1.54) is 0 Å². The summed E-state index contributed by atoms with van der Waals surface area (Å²) in [4.78, 5) is 15.7. The monoisotopic (exact) mass is 434 g/mol. The third kappa shape index (κ3) is 5.28. The molecule has 158 valence electrons. The summed E-state index contributed by atoms with van der Waals surface area (Å²) in [7, 11) is -4.05. The minimum atomic E-state index is -4.05. The Morgan fingerprint density at radius 3 is 2.50 bits per heavy atom. The minimum Gasteiger partial charge on any atom is -0.350 e. The fourth-order valence-corrected chi connectivity index (χ4v) is 3.81. The highest BCUT2D eigenvalue weighted by Crippen LogP contribution is 2.16. The Hall–Kier alpha value is -3.11. The topological polar surface area (TPSA) is 93.1 Å². The maximum Gasteiger partial charge on any atom is 0.240 e. The van der Waals surface area contributed by atoms with Gasteiger partial charge in [-0.05, 0) is 42.8 Å². The summed E-state index contributed by atoms with van der Waals surface area (Å²) in [5, 5.41) is 2.79. The summed E-state index contributed by atoms with van der Waals surface area (Å²) in [6, 6.07) is 9.56. The van der Waals surface area contributed by atoms with Gasteiger partial charge >= 0.3 is 0 Å². The number of nitrogens with zero attached hydrogens (tertiary/aromatic N) is 2. The van der Waals surface area contributed by atoms with Crippen molar-refractivity contribution in [3.8, 4) is 5.69 Å². The maximum atomic E-state index is 13.2. The molecule has 2 aromatic carbocycles. The Morgan fingerprint density at radius 2 is 1.87 bits per heavy atom. The Kier molecular flexibility index (Phi) is 6.58. The molecule has 3 rings (SSSR count). The molecule has 10 heteroatoms. The van der Waals surface area contributed by atoms with Crippen molar-refractivity contribution in [1.29, 1.82) is 0 Å². The molecule has 2 N–H and O–H groups in total. The smallest absolute Gasteiger partial charge is 0.240 e. The minimum absolute atomic E-state index is 0.111. The molecule has 0 bridgehead atoms. The van der Waals surface area contributed by atoms with Gasteiger partial charge in [0.2, 0.25) is 15.9 Å². The van der Waals surface area contributed by atoms with Crippen molar-refractivity contribution in [2.24, 2.45) is 0 Å². The number of imidazole rings is 1. The summed E-state index contributed by atoms with van der Waals surface area (Å²) >= 11 is 0. The van der Waals surface area contributed by atoms with Crippen LogP contribution in [0.2, 0.25) is 0 Å². The summed E-state index contributed by atoms with van der Waals surface area (Å²) in [5.74, 6) is -2.75. The molecule has 0 aliphatic heterocycles. The van der Waals surface area contributed by atoms with Crippen molar-refractivity contribution < 1.29 is 22.0 Å². The van der Waals surface area contributed by atoms with E-state index in [9.17, 15) is 22.0 Å². The zero-order valence-electron chi connectivity index (χ0n) is 16.0. The third-order valence-electron chi connectivity index (χ3n) is 4.42. The molecule has 3 aromatic rings. The lowest BCUT2D eigenvalue weighted by atomic mass is 10.1. The van der Waals surface area contributed by atoms with Gasteiger partial charge in [0.1, 0.15) is 0 Å². The van der Waals surface area contributed by atoms with Crippen LogP contribution in [0, 0.1) is 11.6 Å². The number of hydrogen-bond acceptors (Lipinski definition) is 4. The van der Waals surface area contributed by atoms with Crippen LogP contribution in [0.3, 0.4) is 0 Å². The Morgan fingerprint density at radius 1 is 1.13 bits per heavy atom. The number of carbonyl (C=O) groups is 1. The number of benzene rings is 2. The highest BCUT2D eigenvalue weighted by molar-refractivity contribution is 7.89. The van der Waals surface area contributed by atoms with Gasteiger partial charge in [0.05, 0.1) is 17.3 Å². The van der Waals surface area contributed by atoms with Gasteiger partial charge in [-0.15, -0.1) is 0 Å². The average Bonchev–Trinajstić information content (AvgIpc) is 3.24. The average molecular weight is 434 g/mol. The normalized spacial score (nSPS) is 12.5. The maximum absolute atomic E-state index is 13.2. The van der Waals surface area contributed by atoms with E-state index >= 15 is 0 Å². The molecular weight excluding hydrogens is 414 g/mol. The van der Waals surface area contributed by atoms with E-state index in [2.05, 4.69) is 15.0 Å². The molecule has 1 amide bonds. The molecule has 1 unspecified atom stereocenters. The van der Waals surface area contributed by atoms with E-state index in [1.807, 2.05) is 42.0 Å². The van der Waals surface area contributed by atoms with Crippen LogP contribution in [-0.2, 0) is 14.8 Å². The molecule has 30 heavy (non-hydrogen) atoms. The number of amides is 1. The van der Waals surface area contributed by atoms with Crippen molar-refractivity contribution in [3.63, 3.8) is 0 Å². The van der Waals surface area contributed by atoms with Crippen molar-refractivity contribution in [2.45, 2.75) is 24.3 Å². The standard InChI is InChI=1S/C20H20F2N4O3S/c1-14(15-2-4-16(5-3-15)26-11-10-23-13-26)25-20(27)8-9-24-30(28,29)17-6-7-18(21)19(22)12-17/h2-7,10-14,24H,8-9H2,1H3,(H,25,27). The van der Waals surface area contributed by atoms with Crippen LogP contribution in [0.1, 0.15) is 24.9 Å². The lowest BCUT2D eigenvalue weighted by Crippen LogP contribution is -2.32. The summed E-state index contributed by atoms with van der Waals surface area (Å²) in [6.07, 6.45) is 5.07. The van der Waals surface area contributed by atoms with Gasteiger partial charge in [-0.3, -0.25) is 4.79 Å². The van der Waals surface area contributed by atoms with E-state index in [0.29, 0.717) is 6.07 Å². The number of aromatic nitrogens is 2. The van der Waals surface area contributed by atoms with Crippen molar-refractivity contribution in [3.05, 3.63) is 78.4 Å². The number of sulfonamides is 1. The Bertz CT molecular complexity index is 1120. The van der Waals surface area contributed by atoms with Crippen LogP contribution in [0.15, 0.2) is 66.1 Å². The second-order valence-electron chi connectivity index (χ2n) is 6.57. The molecule has 0 aliphatic rings. The summed E-state index contributed by atoms with van der Waals surface area (Å²) in [5.41, 5.74) is 1.82. The largest absolute Gasteiger partial charge is 0.350 e. The van der Waals surface area contributed by atoms with Crippen LogP contribution in [-0.4, -0.2) is 30.4 Å². The van der Waals surface area contributed by atoms with Crippen molar-refractivity contribution in [1.82, 2.24) is 19.6 Å². The number of nitrogens with one attached hydrogen (secondary N) is 2. The lowest BCUT2D eigenvalue weighted by molar-refractivity contribution is -0.121. The molecule has 0 fully saturated rings.